The van der Waals surface area contributed by atoms with E-state index in [0.29, 0.717) is 12.0 Å². The Balaban J connectivity index is 0.000000861. The summed E-state index contributed by atoms with van der Waals surface area (Å²) in [6.45, 7) is 8.01. The maximum atomic E-state index is 5.38. The normalized spacial score (nSPS) is 17.1. The SMILES string of the molecule is CC.CNc1ccc(NC(C)C2CCOCC2)nc1. The fourth-order valence-corrected chi connectivity index (χ4v) is 2.19. The summed E-state index contributed by atoms with van der Waals surface area (Å²) in [5.74, 6) is 1.64. The summed E-state index contributed by atoms with van der Waals surface area (Å²) in [5.41, 5.74) is 1.04. The third kappa shape index (κ3) is 5.07. The van der Waals surface area contributed by atoms with Crippen molar-refractivity contribution in [1.82, 2.24) is 4.98 Å². The lowest BCUT2D eigenvalue weighted by atomic mass is 9.93. The number of nitrogens with one attached hydrogen (secondary N) is 2. The molecule has 0 radical (unpaired) electrons. The average Bonchev–Trinajstić information content (AvgIpc) is 2.51. The van der Waals surface area contributed by atoms with E-state index in [1.807, 2.05) is 39.2 Å². The van der Waals surface area contributed by atoms with Gasteiger partial charge in [-0.2, -0.15) is 0 Å². The minimum absolute atomic E-state index is 0.451. The van der Waals surface area contributed by atoms with Crippen LogP contribution in [0.4, 0.5) is 11.5 Å². The molecular formula is C15H27N3O. The molecular weight excluding hydrogens is 238 g/mol. The first-order chi connectivity index (χ1) is 9.29. The summed E-state index contributed by atoms with van der Waals surface area (Å²) < 4.78 is 5.38. The largest absolute Gasteiger partial charge is 0.387 e. The molecule has 0 aromatic carbocycles. The van der Waals surface area contributed by atoms with Gasteiger partial charge in [0.2, 0.25) is 0 Å². The van der Waals surface area contributed by atoms with Gasteiger partial charge in [0, 0.05) is 26.3 Å². The molecule has 1 unspecified atom stereocenters. The van der Waals surface area contributed by atoms with Crippen molar-refractivity contribution in [3.05, 3.63) is 18.3 Å². The first kappa shape index (κ1) is 15.8. The van der Waals surface area contributed by atoms with Crippen molar-refractivity contribution in [1.29, 1.82) is 0 Å². The molecule has 1 aromatic rings. The van der Waals surface area contributed by atoms with Crippen LogP contribution in [0.3, 0.4) is 0 Å². The molecule has 0 spiro atoms. The summed E-state index contributed by atoms with van der Waals surface area (Å²) in [7, 11) is 1.90. The minimum atomic E-state index is 0.451. The molecule has 2 rings (SSSR count). The molecule has 4 heteroatoms. The number of nitrogens with zero attached hydrogens (tertiary/aromatic N) is 1. The highest BCUT2D eigenvalue weighted by atomic mass is 16.5. The lowest BCUT2D eigenvalue weighted by Crippen LogP contribution is -2.31. The smallest absolute Gasteiger partial charge is 0.126 e. The number of hydrogen-bond acceptors (Lipinski definition) is 4. The van der Waals surface area contributed by atoms with Crippen LogP contribution in [0.1, 0.15) is 33.6 Å². The number of pyridine rings is 1. The molecule has 1 fully saturated rings. The Morgan fingerprint density at radius 2 is 1.95 bits per heavy atom. The van der Waals surface area contributed by atoms with Gasteiger partial charge in [-0.15, -0.1) is 0 Å². The topological polar surface area (TPSA) is 46.2 Å². The monoisotopic (exact) mass is 265 g/mol. The Labute approximate surface area is 117 Å². The van der Waals surface area contributed by atoms with Crippen LogP contribution in [0.25, 0.3) is 0 Å². The third-order valence-corrected chi connectivity index (χ3v) is 3.40. The predicted molar refractivity (Wildman–Crippen MR) is 81.8 cm³/mol. The minimum Gasteiger partial charge on any atom is -0.387 e. The van der Waals surface area contributed by atoms with Gasteiger partial charge in [-0.25, -0.2) is 4.98 Å². The molecule has 4 nitrogen and oxygen atoms in total. The van der Waals surface area contributed by atoms with Crippen molar-refractivity contribution in [3.8, 4) is 0 Å². The summed E-state index contributed by atoms with van der Waals surface area (Å²) in [5, 5.41) is 6.53. The fraction of sp³-hybridized carbons (Fsp3) is 0.667. The maximum absolute atomic E-state index is 5.38. The van der Waals surface area contributed by atoms with Crippen LogP contribution in [-0.2, 0) is 4.74 Å². The van der Waals surface area contributed by atoms with Gasteiger partial charge in [-0.3, -0.25) is 0 Å². The van der Waals surface area contributed by atoms with Crippen molar-refractivity contribution in [2.24, 2.45) is 5.92 Å². The van der Waals surface area contributed by atoms with E-state index >= 15 is 0 Å². The van der Waals surface area contributed by atoms with Gasteiger partial charge in [-0.1, -0.05) is 13.8 Å². The molecule has 2 heterocycles. The Kier molecular flexibility index (Phi) is 7.26. The number of ether oxygens (including phenoxy) is 1. The van der Waals surface area contributed by atoms with E-state index in [9.17, 15) is 0 Å². The van der Waals surface area contributed by atoms with Crippen LogP contribution < -0.4 is 10.6 Å². The molecule has 1 saturated heterocycles. The third-order valence-electron chi connectivity index (χ3n) is 3.40. The van der Waals surface area contributed by atoms with E-state index in [2.05, 4.69) is 22.5 Å². The molecule has 1 atom stereocenters. The van der Waals surface area contributed by atoms with E-state index in [1.54, 1.807) is 0 Å². The van der Waals surface area contributed by atoms with Gasteiger partial charge in [0.25, 0.3) is 0 Å². The average molecular weight is 265 g/mol. The van der Waals surface area contributed by atoms with Crippen molar-refractivity contribution >= 4 is 11.5 Å². The van der Waals surface area contributed by atoms with E-state index in [1.165, 1.54) is 0 Å². The first-order valence-electron chi connectivity index (χ1n) is 7.27. The van der Waals surface area contributed by atoms with Crippen LogP contribution in [0.5, 0.6) is 0 Å². The summed E-state index contributed by atoms with van der Waals surface area (Å²) in [6, 6.07) is 4.50. The van der Waals surface area contributed by atoms with Gasteiger partial charge < -0.3 is 15.4 Å². The predicted octanol–water partition coefficient (Wildman–Crippen LogP) is 3.38. The fourth-order valence-electron chi connectivity index (χ4n) is 2.19. The van der Waals surface area contributed by atoms with Gasteiger partial charge in [-0.05, 0) is 37.8 Å². The molecule has 1 aliphatic heterocycles. The molecule has 0 amide bonds. The highest BCUT2D eigenvalue weighted by molar-refractivity contribution is 5.47. The lowest BCUT2D eigenvalue weighted by molar-refractivity contribution is 0.0622. The zero-order chi connectivity index (χ0) is 14.1. The first-order valence-corrected chi connectivity index (χ1v) is 7.27. The van der Waals surface area contributed by atoms with Crippen molar-refractivity contribution in [2.75, 3.05) is 30.9 Å². The summed E-state index contributed by atoms with van der Waals surface area (Å²) >= 11 is 0. The van der Waals surface area contributed by atoms with Crippen LogP contribution in [0.2, 0.25) is 0 Å². The Bertz CT molecular complexity index is 334. The summed E-state index contributed by atoms with van der Waals surface area (Å²) in [6.07, 6.45) is 4.13. The second-order valence-corrected chi connectivity index (χ2v) is 4.56. The molecule has 108 valence electrons. The molecule has 0 saturated carbocycles. The Morgan fingerprint density at radius 1 is 1.26 bits per heavy atom. The van der Waals surface area contributed by atoms with Crippen molar-refractivity contribution in [2.45, 2.75) is 39.7 Å². The quantitative estimate of drug-likeness (QED) is 0.876. The van der Waals surface area contributed by atoms with E-state index in [0.717, 1.165) is 37.6 Å². The molecule has 1 aliphatic rings. The van der Waals surface area contributed by atoms with Gasteiger partial charge in [0.05, 0.1) is 11.9 Å². The molecule has 19 heavy (non-hydrogen) atoms. The maximum Gasteiger partial charge on any atom is 0.126 e. The van der Waals surface area contributed by atoms with Gasteiger partial charge in [0.1, 0.15) is 5.82 Å². The van der Waals surface area contributed by atoms with Crippen molar-refractivity contribution < 1.29 is 4.74 Å². The number of hydrogen-bond donors (Lipinski definition) is 2. The van der Waals surface area contributed by atoms with E-state index in [-0.39, 0.29) is 0 Å². The second kappa shape index (κ2) is 8.75. The number of anilines is 2. The number of rotatable bonds is 4. The molecule has 0 bridgehead atoms. The van der Waals surface area contributed by atoms with Crippen LogP contribution in [-0.4, -0.2) is 31.3 Å². The van der Waals surface area contributed by atoms with Crippen LogP contribution in [0, 0.1) is 5.92 Å². The highest BCUT2D eigenvalue weighted by Crippen LogP contribution is 2.21. The van der Waals surface area contributed by atoms with E-state index in [4.69, 9.17) is 4.74 Å². The molecule has 1 aromatic heterocycles. The van der Waals surface area contributed by atoms with Crippen LogP contribution in [0.15, 0.2) is 18.3 Å². The molecule has 2 N–H and O–H groups in total. The van der Waals surface area contributed by atoms with Gasteiger partial charge >= 0.3 is 0 Å². The number of aromatic nitrogens is 1. The molecule has 0 aliphatic carbocycles. The van der Waals surface area contributed by atoms with E-state index < -0.39 is 0 Å². The zero-order valence-corrected chi connectivity index (χ0v) is 12.6. The van der Waals surface area contributed by atoms with Gasteiger partial charge in [0.15, 0.2) is 0 Å². The highest BCUT2D eigenvalue weighted by Gasteiger charge is 2.20. The van der Waals surface area contributed by atoms with Crippen LogP contribution >= 0.6 is 0 Å². The Morgan fingerprint density at radius 3 is 2.47 bits per heavy atom. The Hall–Kier alpha value is -1.29. The second-order valence-electron chi connectivity index (χ2n) is 4.56. The lowest BCUT2D eigenvalue weighted by Gasteiger charge is -2.28. The zero-order valence-electron chi connectivity index (χ0n) is 12.6. The summed E-state index contributed by atoms with van der Waals surface area (Å²) in [4.78, 5) is 4.38. The standard InChI is InChI=1S/C13H21N3O.C2H6/c1-10(11-5-7-17-8-6-11)16-13-4-3-12(14-2)9-15-13;1-2/h3-4,9-11,14H,5-8H2,1-2H3,(H,15,16);1-2H3. The van der Waals surface area contributed by atoms with Crippen molar-refractivity contribution in [3.63, 3.8) is 0 Å².